The lowest BCUT2D eigenvalue weighted by Gasteiger charge is -2.07. The normalized spacial score (nSPS) is 18.9. The summed E-state index contributed by atoms with van der Waals surface area (Å²) in [6.45, 7) is 0. The second-order valence-electron chi connectivity index (χ2n) is 9.95. The van der Waals surface area contributed by atoms with Crippen LogP contribution in [0.2, 0.25) is 0 Å². The van der Waals surface area contributed by atoms with Gasteiger partial charge in [-0.2, -0.15) is 0 Å². The first-order valence-corrected chi connectivity index (χ1v) is 15.3. The Morgan fingerprint density at radius 2 is 1.03 bits per heavy atom. The van der Waals surface area contributed by atoms with Gasteiger partial charge in [0.25, 0.3) is 0 Å². The van der Waals surface area contributed by atoms with Gasteiger partial charge >= 0.3 is 0 Å². The summed E-state index contributed by atoms with van der Waals surface area (Å²) in [4.78, 5) is 3.04. The molecule has 0 nitrogen and oxygen atoms in total. The molecule has 0 aliphatic carbocycles. The summed E-state index contributed by atoms with van der Waals surface area (Å²) in [5, 5.41) is 4.35. The van der Waals surface area contributed by atoms with E-state index in [9.17, 15) is 0 Å². The smallest absolute Gasteiger partial charge is 0.0358 e. The van der Waals surface area contributed by atoms with Gasteiger partial charge in [-0.05, 0) is 85.0 Å². The number of rotatable bonds is 6. The van der Waals surface area contributed by atoms with Crippen LogP contribution in [0, 0.1) is 0 Å². The molecule has 5 aromatic rings. The first-order valence-electron chi connectivity index (χ1n) is 12.7. The summed E-state index contributed by atoms with van der Waals surface area (Å²) in [7, 11) is 0. The number of benzene rings is 4. The van der Waals surface area contributed by atoms with Crippen LogP contribution in [0.25, 0.3) is 20.2 Å². The van der Waals surface area contributed by atoms with E-state index >= 15 is 0 Å². The van der Waals surface area contributed by atoms with Crippen molar-refractivity contribution in [1.29, 1.82) is 0 Å². The Bertz CT molecular complexity index is 1390. The van der Waals surface area contributed by atoms with Crippen molar-refractivity contribution in [2.75, 3.05) is 0 Å². The summed E-state index contributed by atoms with van der Waals surface area (Å²) in [5.41, 5.74) is 6.05. The molecule has 2 aliphatic rings. The highest BCUT2D eigenvalue weighted by Crippen LogP contribution is 2.47. The molecule has 1 aromatic heterocycles. The minimum absolute atomic E-state index is 0.707. The van der Waals surface area contributed by atoms with Gasteiger partial charge in [-0.3, -0.25) is 0 Å². The predicted octanol–water partition coefficient (Wildman–Crippen LogP) is 9.35. The molecule has 35 heavy (non-hydrogen) atoms. The van der Waals surface area contributed by atoms with Gasteiger partial charge in [0, 0.05) is 40.5 Å². The van der Waals surface area contributed by atoms with Crippen molar-refractivity contribution in [2.24, 2.45) is 0 Å². The Hall–Kier alpha value is -2.20. The SMILES string of the molecule is c1ccc(CCC2Cc3cc4sc5cc6c(cc5c4cc3S2)SC(CCc2ccccc2)C6)cc1. The zero-order valence-corrected chi connectivity index (χ0v) is 22.2. The second kappa shape index (κ2) is 9.35. The third kappa shape index (κ3) is 4.43. The van der Waals surface area contributed by atoms with Gasteiger partial charge in [-0.25, -0.2) is 0 Å². The molecule has 2 unspecified atom stereocenters. The van der Waals surface area contributed by atoms with Crippen molar-refractivity contribution in [2.45, 2.75) is 58.8 Å². The van der Waals surface area contributed by atoms with Crippen molar-refractivity contribution in [3.63, 3.8) is 0 Å². The van der Waals surface area contributed by atoms with Crippen LogP contribution >= 0.6 is 34.9 Å². The number of thioether (sulfide) groups is 2. The van der Waals surface area contributed by atoms with Crippen molar-refractivity contribution >= 4 is 55.0 Å². The van der Waals surface area contributed by atoms with Crippen molar-refractivity contribution in [1.82, 2.24) is 0 Å². The molecular formula is C32H28S3. The monoisotopic (exact) mass is 508 g/mol. The van der Waals surface area contributed by atoms with Crippen LogP contribution in [0.1, 0.15) is 35.1 Å². The molecule has 0 saturated heterocycles. The lowest BCUT2D eigenvalue weighted by atomic mass is 10.0. The quantitative estimate of drug-likeness (QED) is 0.224. The third-order valence-corrected chi connectivity index (χ3v) is 11.4. The predicted molar refractivity (Wildman–Crippen MR) is 156 cm³/mol. The largest absolute Gasteiger partial charge is 0.135 e. The summed E-state index contributed by atoms with van der Waals surface area (Å²) in [6, 6.07) is 31.9. The third-order valence-electron chi connectivity index (χ3n) is 7.51. The highest BCUT2D eigenvalue weighted by Gasteiger charge is 2.26. The number of fused-ring (bicyclic) bond motifs is 5. The fourth-order valence-corrected chi connectivity index (χ4v) is 9.52. The van der Waals surface area contributed by atoms with Crippen LogP contribution < -0.4 is 0 Å². The van der Waals surface area contributed by atoms with Crippen LogP contribution in [0.3, 0.4) is 0 Å². The van der Waals surface area contributed by atoms with Gasteiger partial charge in [-0.1, -0.05) is 60.7 Å². The van der Waals surface area contributed by atoms with Gasteiger partial charge in [0.1, 0.15) is 0 Å². The number of thiophene rings is 1. The molecule has 2 aliphatic heterocycles. The second-order valence-corrected chi connectivity index (χ2v) is 13.7. The van der Waals surface area contributed by atoms with Crippen molar-refractivity contribution in [3.8, 4) is 0 Å². The van der Waals surface area contributed by atoms with Gasteiger partial charge in [0.15, 0.2) is 0 Å². The van der Waals surface area contributed by atoms with Crippen LogP contribution in [0.4, 0.5) is 0 Å². The molecule has 3 heteroatoms. The average Bonchev–Trinajstić information content (AvgIpc) is 3.58. The summed E-state index contributed by atoms with van der Waals surface area (Å²) < 4.78 is 2.94. The Balaban J connectivity index is 1.09. The van der Waals surface area contributed by atoms with E-state index in [1.165, 1.54) is 79.6 Å². The number of hydrogen-bond acceptors (Lipinski definition) is 3. The summed E-state index contributed by atoms with van der Waals surface area (Å²) in [6.07, 6.45) is 7.30. The van der Waals surface area contributed by atoms with Gasteiger partial charge < -0.3 is 0 Å². The van der Waals surface area contributed by atoms with E-state index in [4.69, 9.17) is 0 Å². The molecular weight excluding hydrogens is 481 g/mol. The molecule has 3 heterocycles. The topological polar surface area (TPSA) is 0 Å². The molecule has 2 atom stereocenters. The van der Waals surface area contributed by atoms with Gasteiger partial charge in [-0.15, -0.1) is 34.9 Å². The Morgan fingerprint density at radius 1 is 0.571 bits per heavy atom. The maximum atomic E-state index is 2.51. The highest BCUT2D eigenvalue weighted by molar-refractivity contribution is 8.00. The fourth-order valence-electron chi connectivity index (χ4n) is 5.65. The zero-order chi connectivity index (χ0) is 23.2. The van der Waals surface area contributed by atoms with Crippen LogP contribution in [-0.4, -0.2) is 10.5 Å². The summed E-state index contributed by atoms with van der Waals surface area (Å²) in [5.74, 6) is 0. The lowest BCUT2D eigenvalue weighted by molar-refractivity contribution is 0.763. The van der Waals surface area contributed by atoms with E-state index < -0.39 is 0 Å². The maximum Gasteiger partial charge on any atom is 0.0358 e. The molecule has 0 bridgehead atoms. The lowest BCUT2D eigenvalue weighted by Crippen LogP contribution is -2.02. The van der Waals surface area contributed by atoms with E-state index in [0.29, 0.717) is 10.5 Å². The Labute approximate surface area is 220 Å². The first kappa shape index (κ1) is 22.0. The first-order chi connectivity index (χ1) is 17.3. The zero-order valence-electron chi connectivity index (χ0n) is 19.7. The molecule has 0 amide bonds. The highest BCUT2D eigenvalue weighted by atomic mass is 32.2. The molecule has 7 rings (SSSR count). The average molecular weight is 509 g/mol. The van der Waals surface area contributed by atoms with E-state index in [0.717, 1.165) is 0 Å². The molecule has 0 fully saturated rings. The Morgan fingerprint density at radius 3 is 1.49 bits per heavy atom. The standard InChI is InChI=1S/C32H28S3/c1-3-7-21(8-4-1)11-13-25-15-23-17-31-27(19-29(23)33-25)28-20-30-24(18-32(28)35-31)16-26(34-30)14-12-22-9-5-2-6-10-22/h1-10,17-20,25-26H,11-16H2. The fraction of sp³-hybridized carbons (Fsp3) is 0.250. The number of aryl methyl sites for hydroxylation is 2. The summed E-state index contributed by atoms with van der Waals surface area (Å²) >= 11 is 6.22. The van der Waals surface area contributed by atoms with Gasteiger partial charge in [0.2, 0.25) is 0 Å². The molecule has 0 spiro atoms. The van der Waals surface area contributed by atoms with Crippen LogP contribution in [-0.2, 0) is 25.7 Å². The minimum Gasteiger partial charge on any atom is -0.135 e. The van der Waals surface area contributed by atoms with E-state index in [2.05, 4.69) is 108 Å². The van der Waals surface area contributed by atoms with Crippen LogP contribution in [0.15, 0.2) is 94.7 Å². The van der Waals surface area contributed by atoms with Crippen molar-refractivity contribution < 1.29 is 0 Å². The molecule has 4 aromatic carbocycles. The molecule has 174 valence electrons. The molecule has 0 N–H and O–H groups in total. The maximum absolute atomic E-state index is 2.51. The molecule has 0 radical (unpaired) electrons. The minimum atomic E-state index is 0.707. The number of hydrogen-bond donors (Lipinski definition) is 0. The van der Waals surface area contributed by atoms with Crippen molar-refractivity contribution in [3.05, 3.63) is 107 Å². The van der Waals surface area contributed by atoms with Crippen LogP contribution in [0.5, 0.6) is 0 Å². The molecule has 0 saturated carbocycles. The van der Waals surface area contributed by atoms with E-state index in [1.54, 1.807) is 11.1 Å². The van der Waals surface area contributed by atoms with E-state index in [1.807, 2.05) is 11.3 Å². The van der Waals surface area contributed by atoms with Gasteiger partial charge in [0.05, 0.1) is 0 Å². The van der Waals surface area contributed by atoms with E-state index in [-0.39, 0.29) is 0 Å². The Kier molecular flexibility index (Phi) is 5.89.